The fourth-order valence-corrected chi connectivity index (χ4v) is 3.56. The van der Waals surface area contributed by atoms with Crippen LogP contribution in [-0.2, 0) is 0 Å². The maximum Gasteiger partial charge on any atom is 0.125 e. The van der Waals surface area contributed by atoms with Crippen molar-refractivity contribution in [2.45, 2.75) is 18.4 Å². The van der Waals surface area contributed by atoms with Crippen LogP contribution in [-0.4, -0.2) is 36.6 Å². The van der Waals surface area contributed by atoms with Crippen molar-refractivity contribution < 1.29 is 4.39 Å². The smallest absolute Gasteiger partial charge is 0.125 e. The fraction of sp³-hybridized carbons (Fsp3) is 0.571. The van der Waals surface area contributed by atoms with Crippen LogP contribution in [0.4, 0.5) is 10.1 Å². The second-order valence-corrected chi connectivity index (χ2v) is 6.05. The highest BCUT2D eigenvalue weighted by Crippen LogP contribution is 2.38. The van der Waals surface area contributed by atoms with Crippen LogP contribution in [0.15, 0.2) is 18.2 Å². The van der Waals surface area contributed by atoms with E-state index in [1.165, 1.54) is 12.1 Å². The lowest BCUT2D eigenvalue weighted by Crippen LogP contribution is -2.56. The molecule has 2 aliphatic rings. The molecule has 0 radical (unpaired) electrons. The number of fused-ring (bicyclic) bond motifs is 2. The Labute approximate surface area is 117 Å². The van der Waals surface area contributed by atoms with E-state index in [4.69, 9.17) is 17.3 Å². The quantitative estimate of drug-likeness (QED) is 0.894. The van der Waals surface area contributed by atoms with Gasteiger partial charge in [0.15, 0.2) is 0 Å². The Morgan fingerprint density at radius 2 is 2.32 bits per heavy atom. The van der Waals surface area contributed by atoms with E-state index in [9.17, 15) is 4.39 Å². The van der Waals surface area contributed by atoms with Gasteiger partial charge < -0.3 is 16.0 Å². The molecule has 104 valence electrons. The molecule has 2 aliphatic heterocycles. The van der Waals surface area contributed by atoms with E-state index in [0.29, 0.717) is 23.2 Å². The first kappa shape index (κ1) is 13.2. The molecule has 1 aromatic carbocycles. The van der Waals surface area contributed by atoms with Gasteiger partial charge in [-0.05, 0) is 43.5 Å². The molecule has 0 amide bonds. The predicted molar refractivity (Wildman–Crippen MR) is 76.0 cm³/mol. The summed E-state index contributed by atoms with van der Waals surface area (Å²) in [7, 11) is 0. The molecule has 2 saturated heterocycles. The summed E-state index contributed by atoms with van der Waals surface area (Å²) in [6.07, 6.45) is 2.14. The summed E-state index contributed by atoms with van der Waals surface area (Å²) in [6, 6.07) is 4.43. The van der Waals surface area contributed by atoms with Gasteiger partial charge in [-0.25, -0.2) is 4.39 Å². The van der Waals surface area contributed by atoms with Gasteiger partial charge in [-0.2, -0.15) is 0 Å². The number of nitrogens with two attached hydrogens (primary N) is 1. The van der Waals surface area contributed by atoms with Gasteiger partial charge in [-0.3, -0.25) is 0 Å². The van der Waals surface area contributed by atoms with Gasteiger partial charge in [-0.1, -0.05) is 11.6 Å². The van der Waals surface area contributed by atoms with Crippen molar-refractivity contribution in [2.75, 3.05) is 31.5 Å². The third-order valence-corrected chi connectivity index (χ3v) is 4.93. The van der Waals surface area contributed by atoms with Crippen LogP contribution in [0.2, 0.25) is 5.02 Å². The van der Waals surface area contributed by atoms with Crippen LogP contribution in [0.5, 0.6) is 0 Å². The normalized spacial score (nSPS) is 33.4. The van der Waals surface area contributed by atoms with Gasteiger partial charge >= 0.3 is 0 Å². The van der Waals surface area contributed by atoms with Crippen LogP contribution < -0.4 is 11.1 Å². The van der Waals surface area contributed by atoms with Crippen LogP contribution in [0.25, 0.3) is 0 Å². The molecule has 19 heavy (non-hydrogen) atoms. The number of nitrogens with zero attached hydrogens (tertiary/aromatic N) is 1. The molecule has 2 fully saturated rings. The topological polar surface area (TPSA) is 41.3 Å². The lowest BCUT2D eigenvalue weighted by Gasteiger charge is -2.43. The Morgan fingerprint density at radius 3 is 3.11 bits per heavy atom. The van der Waals surface area contributed by atoms with Gasteiger partial charge in [0, 0.05) is 19.6 Å². The van der Waals surface area contributed by atoms with E-state index < -0.39 is 0 Å². The number of rotatable bonds is 3. The third-order valence-electron chi connectivity index (χ3n) is 4.60. The molecular weight excluding hydrogens is 265 g/mol. The molecule has 1 aromatic rings. The molecule has 3 rings (SSSR count). The van der Waals surface area contributed by atoms with Crippen molar-refractivity contribution in [3.8, 4) is 0 Å². The van der Waals surface area contributed by atoms with E-state index in [1.807, 2.05) is 0 Å². The maximum atomic E-state index is 13.4. The van der Waals surface area contributed by atoms with E-state index in [2.05, 4.69) is 10.2 Å². The van der Waals surface area contributed by atoms with Gasteiger partial charge in [0.25, 0.3) is 0 Å². The Balaban J connectivity index is 1.88. The third kappa shape index (κ3) is 2.33. The summed E-state index contributed by atoms with van der Waals surface area (Å²) in [5, 5.41) is 4.01. The molecule has 0 saturated carbocycles. The Kier molecular flexibility index (Phi) is 3.41. The minimum absolute atomic E-state index is 0.148. The second kappa shape index (κ2) is 4.93. The summed E-state index contributed by atoms with van der Waals surface area (Å²) >= 11 is 6.16. The lowest BCUT2D eigenvalue weighted by molar-refractivity contribution is 0.190. The molecule has 5 heteroatoms. The van der Waals surface area contributed by atoms with Crippen LogP contribution in [0.1, 0.15) is 12.8 Å². The highest BCUT2D eigenvalue weighted by molar-refractivity contribution is 6.33. The monoisotopic (exact) mass is 283 g/mol. The Hall–Kier alpha value is -0.840. The van der Waals surface area contributed by atoms with Crippen molar-refractivity contribution in [2.24, 2.45) is 11.7 Å². The zero-order chi connectivity index (χ0) is 13.5. The number of hydrogen-bond donors (Lipinski definition) is 2. The van der Waals surface area contributed by atoms with Crippen molar-refractivity contribution in [3.63, 3.8) is 0 Å². The molecule has 3 N–H and O–H groups in total. The van der Waals surface area contributed by atoms with Gasteiger partial charge in [0.1, 0.15) is 5.82 Å². The largest absolute Gasteiger partial charge is 0.377 e. The van der Waals surface area contributed by atoms with E-state index in [-0.39, 0.29) is 11.4 Å². The van der Waals surface area contributed by atoms with E-state index in [0.717, 1.165) is 32.5 Å². The van der Waals surface area contributed by atoms with Gasteiger partial charge in [0.2, 0.25) is 0 Å². The maximum absolute atomic E-state index is 13.4. The molecule has 3 nitrogen and oxygen atoms in total. The van der Waals surface area contributed by atoms with E-state index >= 15 is 0 Å². The number of piperidine rings is 1. The summed E-state index contributed by atoms with van der Waals surface area (Å²) in [4.78, 5) is 2.47. The van der Waals surface area contributed by atoms with Crippen molar-refractivity contribution in [1.29, 1.82) is 0 Å². The Bertz CT molecular complexity index is 482. The zero-order valence-corrected chi connectivity index (χ0v) is 11.6. The molecular formula is C14H19ClFN3. The Morgan fingerprint density at radius 1 is 1.47 bits per heavy atom. The number of halogens is 2. The molecule has 3 unspecified atom stereocenters. The number of benzene rings is 1. The highest BCUT2D eigenvalue weighted by Gasteiger charge is 2.45. The molecule has 0 aromatic heterocycles. The molecule has 0 aliphatic carbocycles. The highest BCUT2D eigenvalue weighted by atomic mass is 35.5. The summed E-state index contributed by atoms with van der Waals surface area (Å²) in [5.74, 6) is 0.244. The standard InChI is InChI=1S/C14H19ClFN3/c15-12-2-1-11(16)7-13(12)18-14(9-17)4-6-19-5-3-10(14)8-19/h1-2,7,10,18H,3-6,8-9,17H2. The summed E-state index contributed by atoms with van der Waals surface area (Å²) in [5.41, 5.74) is 6.55. The van der Waals surface area contributed by atoms with E-state index in [1.54, 1.807) is 6.07 Å². The van der Waals surface area contributed by atoms with Gasteiger partial charge in [-0.15, -0.1) is 0 Å². The first-order valence-electron chi connectivity index (χ1n) is 6.79. The minimum atomic E-state index is -0.275. The second-order valence-electron chi connectivity index (χ2n) is 5.65. The van der Waals surface area contributed by atoms with Crippen molar-refractivity contribution in [1.82, 2.24) is 4.90 Å². The number of anilines is 1. The lowest BCUT2D eigenvalue weighted by atomic mass is 9.78. The molecule has 0 spiro atoms. The number of hydrogen-bond acceptors (Lipinski definition) is 3. The molecule has 2 bridgehead atoms. The zero-order valence-electron chi connectivity index (χ0n) is 10.8. The molecule has 3 atom stereocenters. The predicted octanol–water partition coefficient (Wildman–Crippen LogP) is 2.31. The summed E-state index contributed by atoms with van der Waals surface area (Å²) in [6.45, 7) is 3.83. The first-order valence-corrected chi connectivity index (χ1v) is 7.16. The van der Waals surface area contributed by atoms with Crippen molar-refractivity contribution >= 4 is 17.3 Å². The summed E-state index contributed by atoms with van der Waals surface area (Å²) < 4.78 is 13.4. The first-order chi connectivity index (χ1) is 9.13. The minimum Gasteiger partial charge on any atom is -0.377 e. The van der Waals surface area contributed by atoms with Gasteiger partial charge in [0.05, 0.1) is 16.2 Å². The SMILES string of the molecule is NCC1(Nc2cc(F)ccc2Cl)CCN2CCC1C2. The fourth-order valence-electron chi connectivity index (χ4n) is 3.39. The number of nitrogens with one attached hydrogen (secondary N) is 1. The average Bonchev–Trinajstić information content (AvgIpc) is 2.82. The molecule has 2 heterocycles. The van der Waals surface area contributed by atoms with Crippen molar-refractivity contribution in [3.05, 3.63) is 29.0 Å². The van der Waals surface area contributed by atoms with Crippen LogP contribution in [0.3, 0.4) is 0 Å². The van der Waals surface area contributed by atoms with Crippen LogP contribution in [0, 0.1) is 11.7 Å². The van der Waals surface area contributed by atoms with Crippen LogP contribution >= 0.6 is 11.6 Å². The average molecular weight is 284 g/mol.